The van der Waals surface area contributed by atoms with Crippen LogP contribution in [0.2, 0.25) is 5.02 Å². The van der Waals surface area contributed by atoms with Crippen LogP contribution in [-0.4, -0.2) is 0 Å². The largest absolute Gasteiger partial charge is 0.326 e. The van der Waals surface area contributed by atoms with Gasteiger partial charge in [-0.2, -0.15) is 0 Å². The molecule has 2 aromatic rings. The lowest BCUT2D eigenvalue weighted by atomic mass is 10.1. The van der Waals surface area contributed by atoms with Gasteiger partial charge in [-0.3, -0.25) is 0 Å². The molecule has 1 heterocycles. The van der Waals surface area contributed by atoms with Crippen LogP contribution in [0, 0.1) is 0 Å². The molecule has 0 amide bonds. The summed E-state index contributed by atoms with van der Waals surface area (Å²) in [5.41, 5.74) is 7.93. The molecule has 2 N–H and O–H groups in total. The highest BCUT2D eigenvalue weighted by molar-refractivity contribution is 9.10. The highest BCUT2D eigenvalue weighted by Crippen LogP contribution is 2.36. The van der Waals surface area contributed by atoms with Crippen molar-refractivity contribution >= 4 is 38.9 Å². The van der Waals surface area contributed by atoms with E-state index in [0.717, 1.165) is 20.6 Å². The van der Waals surface area contributed by atoms with Gasteiger partial charge in [0.25, 0.3) is 0 Å². The van der Waals surface area contributed by atoms with Crippen molar-refractivity contribution < 1.29 is 0 Å². The highest BCUT2D eigenvalue weighted by Gasteiger charge is 2.09. The Balaban J connectivity index is 2.60. The fourth-order valence-electron chi connectivity index (χ4n) is 1.42. The second kappa shape index (κ2) is 4.66. The van der Waals surface area contributed by atoms with Crippen LogP contribution in [0.5, 0.6) is 0 Å². The number of benzene rings is 1. The van der Waals surface area contributed by atoms with Gasteiger partial charge in [0.1, 0.15) is 0 Å². The zero-order valence-corrected chi connectivity index (χ0v) is 11.0. The highest BCUT2D eigenvalue weighted by atomic mass is 79.9. The van der Waals surface area contributed by atoms with Crippen LogP contribution in [0.1, 0.15) is 5.56 Å². The fraction of sp³-hybridized carbons (Fsp3) is 0.0909. The Labute approximate surface area is 106 Å². The molecule has 0 aliphatic heterocycles. The predicted octanol–water partition coefficient (Wildman–Crippen LogP) is 4.29. The van der Waals surface area contributed by atoms with Crippen molar-refractivity contribution in [3.05, 3.63) is 44.7 Å². The molecule has 0 saturated heterocycles. The molecular formula is C11H9BrClNS. The molecule has 78 valence electrons. The van der Waals surface area contributed by atoms with Gasteiger partial charge in [-0.05, 0) is 50.6 Å². The SMILES string of the molecule is NCc1ccc(Cl)cc1-c1sccc1Br. The van der Waals surface area contributed by atoms with Crippen molar-refractivity contribution in [2.75, 3.05) is 0 Å². The molecule has 0 atom stereocenters. The third-order valence-corrected chi connectivity index (χ3v) is 4.26. The summed E-state index contributed by atoms with van der Waals surface area (Å²) in [7, 11) is 0. The number of hydrogen-bond donors (Lipinski definition) is 1. The van der Waals surface area contributed by atoms with Gasteiger partial charge in [-0.15, -0.1) is 11.3 Å². The number of thiophene rings is 1. The average Bonchev–Trinajstić information content (AvgIpc) is 2.64. The quantitative estimate of drug-likeness (QED) is 0.880. The normalized spacial score (nSPS) is 10.6. The van der Waals surface area contributed by atoms with Gasteiger partial charge in [0.05, 0.1) is 0 Å². The van der Waals surface area contributed by atoms with Gasteiger partial charge in [-0.1, -0.05) is 17.7 Å². The number of rotatable bonds is 2. The molecular weight excluding hydrogens is 294 g/mol. The summed E-state index contributed by atoms with van der Waals surface area (Å²) >= 11 is 11.2. The van der Waals surface area contributed by atoms with Crippen LogP contribution in [-0.2, 0) is 6.54 Å². The first-order valence-electron chi connectivity index (χ1n) is 4.44. The van der Waals surface area contributed by atoms with E-state index in [2.05, 4.69) is 15.9 Å². The summed E-state index contributed by atoms with van der Waals surface area (Å²) in [5, 5.41) is 2.78. The summed E-state index contributed by atoms with van der Waals surface area (Å²) in [6.45, 7) is 0.525. The molecule has 1 nitrogen and oxygen atoms in total. The second-order valence-corrected chi connectivity index (χ2v) is 5.31. The molecule has 4 heteroatoms. The zero-order chi connectivity index (χ0) is 10.8. The first kappa shape index (κ1) is 11.1. The van der Waals surface area contributed by atoms with Gasteiger partial charge in [0, 0.05) is 20.9 Å². The number of nitrogens with two attached hydrogens (primary N) is 1. The lowest BCUT2D eigenvalue weighted by molar-refractivity contribution is 1.07. The van der Waals surface area contributed by atoms with Crippen LogP contribution in [0.15, 0.2) is 34.1 Å². The number of hydrogen-bond acceptors (Lipinski definition) is 2. The average molecular weight is 303 g/mol. The van der Waals surface area contributed by atoms with E-state index in [0.29, 0.717) is 6.54 Å². The Morgan fingerprint density at radius 2 is 2.13 bits per heavy atom. The van der Waals surface area contributed by atoms with E-state index >= 15 is 0 Å². The van der Waals surface area contributed by atoms with Gasteiger partial charge < -0.3 is 5.73 Å². The van der Waals surface area contributed by atoms with Crippen molar-refractivity contribution in [2.45, 2.75) is 6.54 Å². The van der Waals surface area contributed by atoms with Crippen molar-refractivity contribution in [3.8, 4) is 10.4 Å². The Kier molecular flexibility index (Phi) is 3.46. The van der Waals surface area contributed by atoms with Crippen LogP contribution in [0.25, 0.3) is 10.4 Å². The van der Waals surface area contributed by atoms with Crippen molar-refractivity contribution in [3.63, 3.8) is 0 Å². The smallest absolute Gasteiger partial charge is 0.0488 e. The Hall–Kier alpha value is -0.350. The van der Waals surface area contributed by atoms with Crippen molar-refractivity contribution in [1.82, 2.24) is 0 Å². The zero-order valence-electron chi connectivity index (χ0n) is 7.84. The van der Waals surface area contributed by atoms with Gasteiger partial charge in [0.15, 0.2) is 0 Å². The molecule has 0 bridgehead atoms. The first-order valence-corrected chi connectivity index (χ1v) is 6.49. The van der Waals surface area contributed by atoms with E-state index in [1.807, 2.05) is 29.6 Å². The molecule has 0 fully saturated rings. The third-order valence-electron chi connectivity index (χ3n) is 2.15. The van der Waals surface area contributed by atoms with Gasteiger partial charge in [-0.25, -0.2) is 0 Å². The van der Waals surface area contributed by atoms with E-state index < -0.39 is 0 Å². The monoisotopic (exact) mass is 301 g/mol. The topological polar surface area (TPSA) is 26.0 Å². The van der Waals surface area contributed by atoms with Crippen LogP contribution in [0.3, 0.4) is 0 Å². The van der Waals surface area contributed by atoms with E-state index in [1.54, 1.807) is 11.3 Å². The maximum Gasteiger partial charge on any atom is 0.0488 e. The molecule has 0 radical (unpaired) electrons. The Bertz CT molecular complexity index is 481. The minimum atomic E-state index is 0.525. The second-order valence-electron chi connectivity index (χ2n) is 3.10. The van der Waals surface area contributed by atoms with Crippen LogP contribution in [0.4, 0.5) is 0 Å². The van der Waals surface area contributed by atoms with E-state index in [-0.39, 0.29) is 0 Å². The minimum absolute atomic E-state index is 0.525. The summed E-state index contributed by atoms with van der Waals surface area (Å²) in [4.78, 5) is 1.18. The summed E-state index contributed by atoms with van der Waals surface area (Å²) in [6.07, 6.45) is 0. The number of halogens is 2. The molecule has 0 saturated carbocycles. The fourth-order valence-corrected chi connectivity index (χ4v) is 3.23. The minimum Gasteiger partial charge on any atom is -0.326 e. The van der Waals surface area contributed by atoms with E-state index in [4.69, 9.17) is 17.3 Å². The summed E-state index contributed by atoms with van der Waals surface area (Å²) in [6, 6.07) is 7.83. The predicted molar refractivity (Wildman–Crippen MR) is 70.4 cm³/mol. The van der Waals surface area contributed by atoms with Gasteiger partial charge >= 0.3 is 0 Å². The summed E-state index contributed by atoms with van der Waals surface area (Å²) < 4.78 is 1.09. The van der Waals surface area contributed by atoms with E-state index in [9.17, 15) is 0 Å². The van der Waals surface area contributed by atoms with Crippen LogP contribution < -0.4 is 5.73 Å². The standard InChI is InChI=1S/C11H9BrClNS/c12-10-3-4-15-11(10)9-5-8(13)2-1-7(9)6-14/h1-5H,6,14H2. The molecule has 0 unspecified atom stereocenters. The molecule has 15 heavy (non-hydrogen) atoms. The molecule has 0 aliphatic carbocycles. The molecule has 1 aromatic carbocycles. The summed E-state index contributed by atoms with van der Waals surface area (Å²) in [5.74, 6) is 0. The Morgan fingerprint density at radius 1 is 1.33 bits per heavy atom. The van der Waals surface area contributed by atoms with E-state index in [1.165, 1.54) is 4.88 Å². The molecule has 0 aliphatic rings. The lowest BCUT2D eigenvalue weighted by Gasteiger charge is -2.07. The maximum atomic E-state index is 5.99. The van der Waals surface area contributed by atoms with Crippen molar-refractivity contribution in [2.24, 2.45) is 5.73 Å². The Morgan fingerprint density at radius 3 is 2.73 bits per heavy atom. The molecule has 2 rings (SSSR count). The third kappa shape index (κ3) is 2.26. The maximum absolute atomic E-state index is 5.99. The van der Waals surface area contributed by atoms with Crippen LogP contribution >= 0.6 is 38.9 Å². The lowest BCUT2D eigenvalue weighted by Crippen LogP contribution is -1.98. The molecule has 0 spiro atoms. The first-order chi connectivity index (χ1) is 7.22. The molecule has 1 aromatic heterocycles. The van der Waals surface area contributed by atoms with Gasteiger partial charge in [0.2, 0.25) is 0 Å². The van der Waals surface area contributed by atoms with Crippen molar-refractivity contribution in [1.29, 1.82) is 0 Å².